The molecule has 7 nitrogen and oxygen atoms in total. The number of ether oxygens (including phenoxy) is 1. The first-order valence-corrected chi connectivity index (χ1v) is 14.2. The summed E-state index contributed by atoms with van der Waals surface area (Å²) in [6.07, 6.45) is 16.4. The standard InChI is InChI=1S/C33H41N5O2/c1-21(2)19-38(20-22(3)15-30(39)23(4)35)31-14-13-26(17-36-31)29-18-37-32-27(7-6-8-28(32)33(29)40-5)25-11-9-24(16-34)10-12-25/h6,8-11,13-14,17-18,21-23,25,27H,7,12,15,19-20,35H2,1-5H3. The SMILES string of the molecule is COc1c(-c2ccc(N(CC(C)C)CC(C)CC(=O)C(C)N)nc2)cnc2c1C=CCC2C1C=CC(C#N)=CC1. The summed E-state index contributed by atoms with van der Waals surface area (Å²) >= 11 is 0. The fourth-order valence-electron chi connectivity index (χ4n) is 5.65. The first kappa shape index (κ1) is 29.2. The number of hydrogen-bond donors (Lipinski definition) is 1. The van der Waals surface area contributed by atoms with Crippen molar-refractivity contribution in [1.29, 1.82) is 5.26 Å². The van der Waals surface area contributed by atoms with Gasteiger partial charge in [-0.05, 0) is 55.7 Å². The van der Waals surface area contributed by atoms with E-state index >= 15 is 0 Å². The zero-order valence-electron chi connectivity index (χ0n) is 24.3. The Bertz CT molecular complexity index is 1330. The second-order valence-electron chi connectivity index (χ2n) is 11.5. The van der Waals surface area contributed by atoms with Crippen molar-refractivity contribution in [2.45, 2.75) is 58.9 Å². The Labute approximate surface area is 238 Å². The van der Waals surface area contributed by atoms with E-state index in [0.29, 0.717) is 18.3 Å². The minimum atomic E-state index is -0.434. The van der Waals surface area contributed by atoms with Gasteiger partial charge in [0.1, 0.15) is 17.4 Å². The highest BCUT2D eigenvalue weighted by Gasteiger charge is 2.29. The van der Waals surface area contributed by atoms with Crippen LogP contribution in [0.2, 0.25) is 0 Å². The van der Waals surface area contributed by atoms with Gasteiger partial charge in [0, 0.05) is 60.1 Å². The highest BCUT2D eigenvalue weighted by Crippen LogP contribution is 2.44. The van der Waals surface area contributed by atoms with E-state index in [2.05, 4.69) is 56.0 Å². The molecular formula is C33H41N5O2. The Morgan fingerprint density at radius 3 is 2.55 bits per heavy atom. The monoisotopic (exact) mass is 539 g/mol. The van der Waals surface area contributed by atoms with Gasteiger partial charge in [-0.3, -0.25) is 9.78 Å². The molecule has 0 spiro atoms. The summed E-state index contributed by atoms with van der Waals surface area (Å²) in [6, 6.07) is 5.91. The third kappa shape index (κ3) is 6.68. The van der Waals surface area contributed by atoms with E-state index in [1.54, 1.807) is 14.0 Å². The van der Waals surface area contributed by atoms with Gasteiger partial charge in [-0.2, -0.15) is 5.26 Å². The number of carbonyl (C=O) groups is 1. The van der Waals surface area contributed by atoms with Crippen molar-refractivity contribution in [3.63, 3.8) is 0 Å². The minimum absolute atomic E-state index is 0.0893. The Hall–Kier alpha value is -3.76. The Balaban J connectivity index is 1.58. The molecule has 2 aliphatic rings. The van der Waals surface area contributed by atoms with E-state index in [-0.39, 0.29) is 17.6 Å². The van der Waals surface area contributed by atoms with Gasteiger partial charge in [-0.1, -0.05) is 45.1 Å². The van der Waals surface area contributed by atoms with Crippen LogP contribution in [0.4, 0.5) is 5.82 Å². The van der Waals surface area contributed by atoms with E-state index in [0.717, 1.165) is 65.5 Å². The number of methoxy groups -OCH3 is 1. The topological polar surface area (TPSA) is 105 Å². The molecule has 0 aromatic carbocycles. The Morgan fingerprint density at radius 1 is 1.15 bits per heavy atom. The molecular weight excluding hydrogens is 498 g/mol. The molecule has 7 heteroatoms. The van der Waals surface area contributed by atoms with Crippen molar-refractivity contribution in [3.8, 4) is 22.9 Å². The molecule has 0 saturated heterocycles. The molecule has 4 atom stereocenters. The first-order chi connectivity index (χ1) is 19.2. The van der Waals surface area contributed by atoms with Crippen molar-refractivity contribution >= 4 is 17.7 Å². The smallest absolute Gasteiger partial charge is 0.149 e. The average Bonchev–Trinajstić information content (AvgIpc) is 2.95. The highest BCUT2D eigenvalue weighted by atomic mass is 16.5. The molecule has 0 bridgehead atoms. The molecule has 0 aliphatic heterocycles. The predicted molar refractivity (Wildman–Crippen MR) is 161 cm³/mol. The van der Waals surface area contributed by atoms with Crippen molar-refractivity contribution in [2.24, 2.45) is 23.5 Å². The van der Waals surface area contributed by atoms with Crippen molar-refractivity contribution in [2.75, 3.05) is 25.1 Å². The molecule has 2 heterocycles. The summed E-state index contributed by atoms with van der Waals surface area (Å²) < 4.78 is 5.96. The van der Waals surface area contributed by atoms with E-state index < -0.39 is 6.04 Å². The molecule has 210 valence electrons. The summed E-state index contributed by atoms with van der Waals surface area (Å²) in [6.45, 7) is 9.79. The maximum Gasteiger partial charge on any atom is 0.149 e. The van der Waals surface area contributed by atoms with Crippen molar-refractivity contribution in [3.05, 3.63) is 65.7 Å². The number of nitriles is 1. The van der Waals surface area contributed by atoms with E-state index in [9.17, 15) is 10.1 Å². The van der Waals surface area contributed by atoms with Gasteiger partial charge in [-0.15, -0.1) is 0 Å². The maximum atomic E-state index is 12.2. The molecule has 2 N–H and O–H groups in total. The minimum Gasteiger partial charge on any atom is -0.495 e. The third-order valence-corrected chi connectivity index (χ3v) is 7.66. The lowest BCUT2D eigenvalue weighted by Gasteiger charge is -2.29. The maximum absolute atomic E-state index is 12.2. The normalized spacial score (nSPS) is 19.4. The molecule has 0 saturated carbocycles. The van der Waals surface area contributed by atoms with Gasteiger partial charge in [0.2, 0.25) is 0 Å². The van der Waals surface area contributed by atoms with Crippen LogP contribution < -0.4 is 15.4 Å². The number of hydrogen-bond acceptors (Lipinski definition) is 7. The summed E-state index contributed by atoms with van der Waals surface area (Å²) in [4.78, 5) is 24.2. The number of carbonyl (C=O) groups excluding carboxylic acids is 1. The number of rotatable bonds is 11. The number of allylic oxidation sites excluding steroid dienone is 5. The van der Waals surface area contributed by atoms with Crippen LogP contribution in [0, 0.1) is 29.1 Å². The van der Waals surface area contributed by atoms with Crippen LogP contribution in [0.1, 0.15) is 64.1 Å². The van der Waals surface area contributed by atoms with Crippen LogP contribution in [0.3, 0.4) is 0 Å². The number of fused-ring (bicyclic) bond motifs is 1. The van der Waals surface area contributed by atoms with Crippen LogP contribution >= 0.6 is 0 Å². The zero-order valence-corrected chi connectivity index (χ0v) is 24.3. The lowest BCUT2D eigenvalue weighted by atomic mass is 9.77. The van der Waals surface area contributed by atoms with Gasteiger partial charge in [0.05, 0.1) is 24.9 Å². The van der Waals surface area contributed by atoms with Gasteiger partial charge in [-0.25, -0.2) is 4.98 Å². The Morgan fingerprint density at radius 2 is 1.95 bits per heavy atom. The molecule has 0 fully saturated rings. The first-order valence-electron chi connectivity index (χ1n) is 14.2. The number of aromatic nitrogens is 2. The van der Waals surface area contributed by atoms with Crippen molar-refractivity contribution < 1.29 is 9.53 Å². The highest BCUT2D eigenvalue weighted by molar-refractivity contribution is 5.83. The number of nitrogens with two attached hydrogens (primary N) is 1. The molecule has 2 aromatic heterocycles. The fraction of sp³-hybridized carbons (Fsp3) is 0.455. The molecule has 0 radical (unpaired) electrons. The quantitative estimate of drug-likeness (QED) is 0.369. The number of anilines is 1. The van der Waals surface area contributed by atoms with Crippen molar-refractivity contribution in [1.82, 2.24) is 9.97 Å². The molecule has 2 aromatic rings. The predicted octanol–water partition coefficient (Wildman–Crippen LogP) is 6.08. The van der Waals surface area contributed by atoms with Crippen LogP contribution in [-0.2, 0) is 4.79 Å². The molecule has 4 unspecified atom stereocenters. The molecule has 2 aliphatic carbocycles. The van der Waals surface area contributed by atoms with Crippen LogP contribution in [0.25, 0.3) is 17.2 Å². The van der Waals surface area contributed by atoms with E-state index in [1.165, 1.54) is 0 Å². The largest absolute Gasteiger partial charge is 0.495 e. The van der Waals surface area contributed by atoms with Gasteiger partial charge >= 0.3 is 0 Å². The summed E-state index contributed by atoms with van der Waals surface area (Å²) in [5.41, 5.74) is 10.4. The van der Waals surface area contributed by atoms with E-state index in [1.807, 2.05) is 30.6 Å². The van der Waals surface area contributed by atoms with Crippen LogP contribution in [0.5, 0.6) is 5.75 Å². The lowest BCUT2D eigenvalue weighted by molar-refractivity contribution is -0.120. The number of pyridine rings is 2. The summed E-state index contributed by atoms with van der Waals surface area (Å²) in [5.74, 6) is 2.92. The summed E-state index contributed by atoms with van der Waals surface area (Å²) in [7, 11) is 1.70. The molecule has 40 heavy (non-hydrogen) atoms. The average molecular weight is 540 g/mol. The second kappa shape index (κ2) is 13.1. The number of nitrogens with zero attached hydrogens (tertiary/aromatic N) is 4. The van der Waals surface area contributed by atoms with Crippen LogP contribution in [0.15, 0.2) is 54.4 Å². The second-order valence-corrected chi connectivity index (χ2v) is 11.5. The third-order valence-electron chi connectivity index (χ3n) is 7.66. The lowest BCUT2D eigenvalue weighted by Crippen LogP contribution is -2.35. The molecule has 4 rings (SSSR count). The molecule has 0 amide bonds. The van der Waals surface area contributed by atoms with Crippen LogP contribution in [-0.4, -0.2) is 42.0 Å². The van der Waals surface area contributed by atoms with E-state index in [4.69, 9.17) is 20.4 Å². The van der Waals surface area contributed by atoms with Gasteiger partial charge < -0.3 is 15.4 Å². The van der Waals surface area contributed by atoms with Gasteiger partial charge in [0.25, 0.3) is 0 Å². The zero-order chi connectivity index (χ0) is 28.8. The number of ketones is 1. The number of Topliss-reactive ketones (excluding diaryl/α,β-unsaturated/α-hetero) is 1. The Kier molecular flexibility index (Phi) is 9.54. The summed E-state index contributed by atoms with van der Waals surface area (Å²) in [5, 5.41) is 9.19. The van der Waals surface area contributed by atoms with Gasteiger partial charge in [0.15, 0.2) is 0 Å². The fourth-order valence-corrected chi connectivity index (χ4v) is 5.65.